The Morgan fingerprint density at radius 2 is 2.14 bits per heavy atom. The van der Waals surface area contributed by atoms with Crippen molar-refractivity contribution in [2.45, 2.75) is 10.8 Å². The Kier molecular flexibility index (Phi) is 5.54. The number of nitrogens with one attached hydrogen (secondary N) is 2. The number of hydrogen-bond donors (Lipinski definition) is 2. The Morgan fingerprint density at radius 1 is 1.38 bits per heavy atom. The van der Waals surface area contributed by atoms with Crippen LogP contribution in [-0.4, -0.2) is 28.9 Å². The Labute approximate surface area is 130 Å². The number of hydrogen-bond acceptors (Lipinski definition) is 7. The van der Waals surface area contributed by atoms with Crippen molar-refractivity contribution in [3.63, 3.8) is 0 Å². The van der Waals surface area contributed by atoms with Gasteiger partial charge in [0.2, 0.25) is 11.0 Å². The van der Waals surface area contributed by atoms with Gasteiger partial charge in [-0.15, -0.1) is 10.2 Å². The number of rotatable bonds is 6. The SMILES string of the molecule is CNc1nnc(SCC(=O)Nc2ccc(CC#N)cc2)s1. The van der Waals surface area contributed by atoms with E-state index < -0.39 is 0 Å². The predicted octanol–water partition coefficient (Wildman–Crippen LogP) is 2.38. The van der Waals surface area contributed by atoms with Crippen LogP contribution in [-0.2, 0) is 11.2 Å². The number of nitriles is 1. The van der Waals surface area contributed by atoms with E-state index in [2.05, 4.69) is 26.9 Å². The van der Waals surface area contributed by atoms with Crippen molar-refractivity contribution in [1.29, 1.82) is 5.26 Å². The van der Waals surface area contributed by atoms with Gasteiger partial charge in [0.05, 0.1) is 18.2 Å². The molecule has 1 aromatic carbocycles. The van der Waals surface area contributed by atoms with E-state index in [1.54, 1.807) is 19.2 Å². The molecule has 0 aliphatic carbocycles. The molecule has 0 bridgehead atoms. The van der Waals surface area contributed by atoms with Crippen LogP contribution in [0, 0.1) is 11.3 Å². The van der Waals surface area contributed by atoms with Crippen LogP contribution in [0.3, 0.4) is 0 Å². The van der Waals surface area contributed by atoms with Gasteiger partial charge in [-0.05, 0) is 17.7 Å². The van der Waals surface area contributed by atoms with E-state index in [4.69, 9.17) is 5.26 Å². The van der Waals surface area contributed by atoms with Crippen molar-refractivity contribution in [2.24, 2.45) is 0 Å². The molecule has 2 rings (SSSR count). The van der Waals surface area contributed by atoms with Gasteiger partial charge in [0.25, 0.3) is 0 Å². The predicted molar refractivity (Wildman–Crippen MR) is 84.6 cm³/mol. The van der Waals surface area contributed by atoms with E-state index in [-0.39, 0.29) is 11.7 Å². The fourth-order valence-corrected chi connectivity index (χ4v) is 3.00. The van der Waals surface area contributed by atoms with Gasteiger partial charge < -0.3 is 10.6 Å². The summed E-state index contributed by atoms with van der Waals surface area (Å²) in [5.74, 6) is 0.174. The topological polar surface area (TPSA) is 90.7 Å². The quantitative estimate of drug-likeness (QED) is 0.794. The molecular weight excluding hydrogens is 306 g/mol. The van der Waals surface area contributed by atoms with Crippen LogP contribution >= 0.6 is 23.1 Å². The van der Waals surface area contributed by atoms with Crippen LogP contribution in [0.5, 0.6) is 0 Å². The van der Waals surface area contributed by atoms with Crippen molar-refractivity contribution in [3.8, 4) is 6.07 Å². The molecule has 0 radical (unpaired) electrons. The first-order valence-electron chi connectivity index (χ1n) is 6.11. The maximum absolute atomic E-state index is 11.8. The van der Waals surface area contributed by atoms with Crippen molar-refractivity contribution < 1.29 is 4.79 Å². The summed E-state index contributed by atoms with van der Waals surface area (Å²) in [5.41, 5.74) is 1.65. The number of amides is 1. The molecular formula is C13H13N5OS2. The summed E-state index contributed by atoms with van der Waals surface area (Å²) in [6.07, 6.45) is 0.370. The lowest BCUT2D eigenvalue weighted by Crippen LogP contribution is -2.13. The van der Waals surface area contributed by atoms with E-state index in [0.717, 1.165) is 20.7 Å². The normalized spacial score (nSPS) is 9.90. The molecule has 0 aliphatic heterocycles. The highest BCUT2D eigenvalue weighted by atomic mass is 32.2. The highest BCUT2D eigenvalue weighted by Gasteiger charge is 2.07. The minimum absolute atomic E-state index is 0.103. The number of carbonyl (C=O) groups is 1. The highest BCUT2D eigenvalue weighted by Crippen LogP contribution is 2.25. The molecule has 2 aromatic rings. The number of carbonyl (C=O) groups excluding carboxylic acids is 1. The van der Waals surface area contributed by atoms with Crippen molar-refractivity contribution in [3.05, 3.63) is 29.8 Å². The Morgan fingerprint density at radius 3 is 2.76 bits per heavy atom. The molecule has 21 heavy (non-hydrogen) atoms. The van der Waals surface area contributed by atoms with E-state index in [1.165, 1.54) is 23.1 Å². The summed E-state index contributed by atoms with van der Waals surface area (Å²) in [6, 6.07) is 9.32. The highest BCUT2D eigenvalue weighted by molar-refractivity contribution is 8.01. The first kappa shape index (κ1) is 15.3. The maximum Gasteiger partial charge on any atom is 0.234 e. The molecule has 1 heterocycles. The Hall–Kier alpha value is -2.11. The summed E-state index contributed by atoms with van der Waals surface area (Å²) < 4.78 is 0.749. The average Bonchev–Trinajstić information content (AvgIpc) is 2.96. The molecule has 2 N–H and O–H groups in total. The maximum atomic E-state index is 11.8. The summed E-state index contributed by atoms with van der Waals surface area (Å²) in [6.45, 7) is 0. The fraction of sp³-hybridized carbons (Fsp3) is 0.231. The number of anilines is 2. The first-order valence-corrected chi connectivity index (χ1v) is 7.91. The zero-order valence-corrected chi connectivity index (χ0v) is 12.9. The number of aromatic nitrogens is 2. The largest absolute Gasteiger partial charge is 0.363 e. The number of benzene rings is 1. The van der Waals surface area contributed by atoms with Gasteiger partial charge in [-0.1, -0.05) is 35.2 Å². The molecule has 0 spiro atoms. The second kappa shape index (κ2) is 7.61. The van der Waals surface area contributed by atoms with Gasteiger partial charge in [0.1, 0.15) is 0 Å². The van der Waals surface area contributed by atoms with E-state index in [0.29, 0.717) is 6.42 Å². The lowest BCUT2D eigenvalue weighted by atomic mass is 10.1. The van der Waals surface area contributed by atoms with Crippen LogP contribution in [0.1, 0.15) is 5.56 Å². The van der Waals surface area contributed by atoms with Gasteiger partial charge in [-0.2, -0.15) is 5.26 Å². The molecule has 1 amide bonds. The summed E-state index contributed by atoms with van der Waals surface area (Å²) in [5, 5.41) is 22.9. The van der Waals surface area contributed by atoms with Crippen molar-refractivity contribution in [2.75, 3.05) is 23.4 Å². The van der Waals surface area contributed by atoms with Crippen LogP contribution in [0.25, 0.3) is 0 Å². The van der Waals surface area contributed by atoms with Crippen molar-refractivity contribution >= 4 is 39.8 Å². The van der Waals surface area contributed by atoms with Gasteiger partial charge in [0, 0.05) is 12.7 Å². The third-order valence-corrected chi connectivity index (χ3v) is 4.54. The van der Waals surface area contributed by atoms with Crippen LogP contribution < -0.4 is 10.6 Å². The minimum atomic E-state index is -0.103. The lowest BCUT2D eigenvalue weighted by molar-refractivity contribution is -0.113. The third kappa shape index (κ3) is 4.73. The van der Waals surface area contributed by atoms with Gasteiger partial charge >= 0.3 is 0 Å². The van der Waals surface area contributed by atoms with E-state index >= 15 is 0 Å². The molecule has 8 heteroatoms. The number of thioether (sulfide) groups is 1. The fourth-order valence-electron chi connectivity index (χ4n) is 1.49. The molecule has 0 fully saturated rings. The monoisotopic (exact) mass is 319 g/mol. The summed E-state index contributed by atoms with van der Waals surface area (Å²) in [4.78, 5) is 11.8. The molecule has 0 atom stereocenters. The lowest BCUT2D eigenvalue weighted by Gasteiger charge is -2.04. The van der Waals surface area contributed by atoms with Crippen LogP contribution in [0.4, 0.5) is 10.8 Å². The first-order chi connectivity index (χ1) is 10.2. The smallest absolute Gasteiger partial charge is 0.234 e. The second-order valence-corrected chi connectivity index (χ2v) is 6.19. The van der Waals surface area contributed by atoms with Crippen LogP contribution in [0.15, 0.2) is 28.6 Å². The van der Waals surface area contributed by atoms with Crippen molar-refractivity contribution in [1.82, 2.24) is 10.2 Å². The Balaban J connectivity index is 1.82. The summed E-state index contributed by atoms with van der Waals surface area (Å²) >= 11 is 2.75. The molecule has 0 unspecified atom stereocenters. The minimum Gasteiger partial charge on any atom is -0.363 e. The summed E-state index contributed by atoms with van der Waals surface area (Å²) in [7, 11) is 1.78. The molecule has 6 nitrogen and oxygen atoms in total. The van der Waals surface area contributed by atoms with E-state index in [1.807, 2.05) is 12.1 Å². The second-order valence-electron chi connectivity index (χ2n) is 3.99. The van der Waals surface area contributed by atoms with Crippen LogP contribution in [0.2, 0.25) is 0 Å². The van der Waals surface area contributed by atoms with Gasteiger partial charge in [0.15, 0.2) is 4.34 Å². The molecule has 1 aromatic heterocycles. The standard InChI is InChI=1S/C13H13N5OS2/c1-15-12-17-18-13(21-12)20-8-11(19)16-10-4-2-9(3-5-10)6-7-14/h2-5H,6,8H2,1H3,(H,15,17)(H,16,19). The molecule has 0 aliphatic rings. The van der Waals surface area contributed by atoms with E-state index in [9.17, 15) is 4.79 Å². The zero-order chi connectivity index (χ0) is 15.1. The molecule has 0 saturated heterocycles. The average molecular weight is 319 g/mol. The number of nitrogens with zero attached hydrogens (tertiary/aromatic N) is 3. The molecule has 108 valence electrons. The Bertz CT molecular complexity index is 647. The van der Waals surface area contributed by atoms with Gasteiger partial charge in [-0.3, -0.25) is 4.79 Å². The molecule has 0 saturated carbocycles. The zero-order valence-electron chi connectivity index (χ0n) is 11.3. The third-order valence-electron chi connectivity index (χ3n) is 2.47. The van der Waals surface area contributed by atoms with Gasteiger partial charge in [-0.25, -0.2) is 0 Å².